The fourth-order valence-electron chi connectivity index (χ4n) is 2.85. The Bertz CT molecular complexity index is 652. The van der Waals surface area contributed by atoms with Crippen LogP contribution >= 0.6 is 35.3 Å². The van der Waals surface area contributed by atoms with Crippen LogP contribution in [0.4, 0.5) is 5.00 Å². The minimum absolute atomic E-state index is 0. The van der Waals surface area contributed by atoms with Gasteiger partial charge in [-0.25, -0.2) is 0 Å². The van der Waals surface area contributed by atoms with E-state index in [1.54, 1.807) is 18.4 Å². The highest BCUT2D eigenvalue weighted by atomic mass is 127. The first-order chi connectivity index (χ1) is 11.8. The minimum atomic E-state index is 0. The van der Waals surface area contributed by atoms with E-state index in [9.17, 15) is 0 Å². The molecule has 1 aromatic heterocycles. The molecule has 0 amide bonds. The highest BCUT2D eigenvalue weighted by Crippen LogP contribution is 2.22. The van der Waals surface area contributed by atoms with Gasteiger partial charge in [-0.3, -0.25) is 4.99 Å². The molecule has 0 unspecified atom stereocenters. The Balaban J connectivity index is 0.00000225. The van der Waals surface area contributed by atoms with Crippen LogP contribution in [0.15, 0.2) is 46.8 Å². The van der Waals surface area contributed by atoms with Gasteiger partial charge >= 0.3 is 0 Å². The standard InChI is InChI=1S/C18H24N4OS.HI/c1-19-18(20-14-15-5-7-16(23-2)8-6-15)22-11-9-21(10-12-22)17-4-3-13-24-17;/h3-8,13H,9-12,14H2,1-2H3,(H,19,20);1H. The molecular formula is C18H25IN4OS. The van der Waals surface area contributed by atoms with E-state index >= 15 is 0 Å². The van der Waals surface area contributed by atoms with Crippen molar-refractivity contribution in [1.29, 1.82) is 0 Å². The molecule has 0 aliphatic carbocycles. The summed E-state index contributed by atoms with van der Waals surface area (Å²) >= 11 is 1.81. The predicted molar refractivity (Wildman–Crippen MR) is 117 cm³/mol. The second kappa shape index (κ2) is 9.86. The summed E-state index contributed by atoms with van der Waals surface area (Å²) in [5.41, 5.74) is 1.22. The molecule has 1 aromatic carbocycles. The molecule has 0 radical (unpaired) electrons. The first kappa shape index (κ1) is 19.8. The lowest BCUT2D eigenvalue weighted by Crippen LogP contribution is -2.52. The zero-order valence-corrected chi connectivity index (χ0v) is 17.8. The van der Waals surface area contributed by atoms with Crippen LogP contribution in [0.1, 0.15) is 5.56 Å². The summed E-state index contributed by atoms with van der Waals surface area (Å²) < 4.78 is 5.20. The van der Waals surface area contributed by atoms with Gasteiger partial charge in [0.1, 0.15) is 5.75 Å². The number of methoxy groups -OCH3 is 1. The SMILES string of the molecule is CN=C(NCc1ccc(OC)cc1)N1CCN(c2cccs2)CC1.I. The maximum atomic E-state index is 5.20. The number of hydrogen-bond donors (Lipinski definition) is 1. The van der Waals surface area contributed by atoms with Crippen molar-refractivity contribution in [2.75, 3.05) is 45.2 Å². The Morgan fingerprint density at radius 2 is 1.88 bits per heavy atom. The number of aliphatic imine (C=N–C) groups is 1. The molecule has 7 heteroatoms. The van der Waals surface area contributed by atoms with E-state index < -0.39 is 0 Å². The van der Waals surface area contributed by atoms with Crippen molar-refractivity contribution < 1.29 is 4.74 Å². The van der Waals surface area contributed by atoms with E-state index in [0.717, 1.165) is 44.4 Å². The van der Waals surface area contributed by atoms with Gasteiger partial charge in [-0.2, -0.15) is 0 Å². The van der Waals surface area contributed by atoms with E-state index in [1.807, 2.05) is 19.2 Å². The molecule has 1 aliphatic rings. The molecule has 25 heavy (non-hydrogen) atoms. The van der Waals surface area contributed by atoms with Crippen LogP contribution < -0.4 is 15.0 Å². The summed E-state index contributed by atoms with van der Waals surface area (Å²) in [7, 11) is 3.53. The molecule has 1 saturated heterocycles. The third kappa shape index (κ3) is 5.24. The normalized spacial score (nSPS) is 14.9. The van der Waals surface area contributed by atoms with Gasteiger partial charge in [0.05, 0.1) is 12.1 Å². The number of nitrogens with one attached hydrogen (secondary N) is 1. The number of thiophene rings is 1. The summed E-state index contributed by atoms with van der Waals surface area (Å²) in [5.74, 6) is 1.85. The number of hydrogen-bond acceptors (Lipinski definition) is 4. The molecule has 0 atom stereocenters. The Kier molecular flexibility index (Phi) is 7.83. The summed E-state index contributed by atoms with van der Waals surface area (Å²) in [6.45, 7) is 4.80. The fraction of sp³-hybridized carbons (Fsp3) is 0.389. The van der Waals surface area contributed by atoms with Crippen LogP contribution in [0, 0.1) is 0 Å². The van der Waals surface area contributed by atoms with Gasteiger partial charge in [-0.15, -0.1) is 35.3 Å². The Morgan fingerprint density at radius 1 is 1.16 bits per heavy atom. The Labute approximate surface area is 170 Å². The van der Waals surface area contributed by atoms with E-state index in [1.165, 1.54) is 10.6 Å². The van der Waals surface area contributed by atoms with Crippen LogP contribution in [0.5, 0.6) is 5.75 Å². The molecule has 5 nitrogen and oxygen atoms in total. The molecule has 1 N–H and O–H groups in total. The zero-order chi connectivity index (χ0) is 16.8. The summed E-state index contributed by atoms with van der Waals surface area (Å²) in [5, 5.41) is 6.95. The van der Waals surface area contributed by atoms with Crippen molar-refractivity contribution in [3.63, 3.8) is 0 Å². The van der Waals surface area contributed by atoms with Gasteiger partial charge in [0.2, 0.25) is 0 Å². The summed E-state index contributed by atoms with van der Waals surface area (Å²) in [4.78, 5) is 9.21. The minimum Gasteiger partial charge on any atom is -0.497 e. The smallest absolute Gasteiger partial charge is 0.194 e. The highest BCUT2D eigenvalue weighted by Gasteiger charge is 2.20. The Morgan fingerprint density at radius 3 is 2.44 bits per heavy atom. The number of piperazine rings is 1. The fourth-order valence-corrected chi connectivity index (χ4v) is 3.63. The lowest BCUT2D eigenvalue weighted by atomic mass is 10.2. The quantitative estimate of drug-likeness (QED) is 0.422. The first-order valence-electron chi connectivity index (χ1n) is 8.17. The number of guanidine groups is 1. The highest BCUT2D eigenvalue weighted by molar-refractivity contribution is 14.0. The van der Waals surface area contributed by atoms with Crippen molar-refractivity contribution in [2.45, 2.75) is 6.54 Å². The van der Waals surface area contributed by atoms with E-state index in [2.05, 4.69) is 49.8 Å². The predicted octanol–water partition coefficient (Wildman–Crippen LogP) is 3.27. The van der Waals surface area contributed by atoms with Crippen molar-refractivity contribution in [2.24, 2.45) is 4.99 Å². The first-order valence-corrected chi connectivity index (χ1v) is 9.05. The largest absolute Gasteiger partial charge is 0.497 e. The summed E-state index contributed by atoms with van der Waals surface area (Å²) in [6, 6.07) is 12.4. The third-order valence-corrected chi connectivity index (χ3v) is 5.15. The van der Waals surface area contributed by atoms with Crippen LogP contribution in [-0.2, 0) is 6.54 Å². The number of rotatable bonds is 4. The average molecular weight is 472 g/mol. The van der Waals surface area contributed by atoms with Crippen LogP contribution in [0.25, 0.3) is 0 Å². The molecule has 0 bridgehead atoms. The molecule has 1 fully saturated rings. The molecule has 1 aliphatic heterocycles. The van der Waals surface area contributed by atoms with E-state index in [0.29, 0.717) is 0 Å². The van der Waals surface area contributed by atoms with Gasteiger partial charge < -0.3 is 19.9 Å². The van der Waals surface area contributed by atoms with E-state index in [4.69, 9.17) is 4.74 Å². The number of anilines is 1. The number of ether oxygens (including phenoxy) is 1. The molecular weight excluding hydrogens is 447 g/mol. The monoisotopic (exact) mass is 472 g/mol. The molecule has 0 spiro atoms. The van der Waals surface area contributed by atoms with Crippen molar-refractivity contribution in [1.82, 2.24) is 10.2 Å². The lowest BCUT2D eigenvalue weighted by Gasteiger charge is -2.37. The molecule has 2 heterocycles. The summed E-state index contributed by atoms with van der Waals surface area (Å²) in [6.07, 6.45) is 0. The third-order valence-electron chi connectivity index (χ3n) is 4.22. The van der Waals surface area contributed by atoms with Crippen LogP contribution in [0.3, 0.4) is 0 Å². The number of benzene rings is 1. The van der Waals surface area contributed by atoms with Gasteiger partial charge in [-0.05, 0) is 35.2 Å². The second-order valence-corrected chi connectivity index (χ2v) is 6.60. The van der Waals surface area contributed by atoms with Gasteiger partial charge in [0, 0.05) is 39.8 Å². The van der Waals surface area contributed by atoms with Crippen LogP contribution in [0.2, 0.25) is 0 Å². The maximum absolute atomic E-state index is 5.20. The average Bonchev–Trinajstić information content (AvgIpc) is 3.18. The molecule has 136 valence electrons. The van der Waals surface area contributed by atoms with Gasteiger partial charge in [0.15, 0.2) is 5.96 Å². The number of nitrogens with zero attached hydrogens (tertiary/aromatic N) is 3. The van der Waals surface area contributed by atoms with Crippen molar-refractivity contribution >= 4 is 46.3 Å². The second-order valence-electron chi connectivity index (χ2n) is 5.67. The van der Waals surface area contributed by atoms with Crippen molar-refractivity contribution in [3.8, 4) is 5.75 Å². The van der Waals surface area contributed by atoms with Crippen molar-refractivity contribution in [3.05, 3.63) is 47.3 Å². The van der Waals surface area contributed by atoms with Gasteiger partial charge in [0.25, 0.3) is 0 Å². The lowest BCUT2D eigenvalue weighted by molar-refractivity contribution is 0.373. The van der Waals surface area contributed by atoms with E-state index in [-0.39, 0.29) is 24.0 Å². The Hall–Kier alpha value is -1.48. The van der Waals surface area contributed by atoms with Crippen LogP contribution in [-0.4, -0.2) is 51.2 Å². The number of halogens is 1. The molecule has 2 aromatic rings. The van der Waals surface area contributed by atoms with Gasteiger partial charge in [-0.1, -0.05) is 12.1 Å². The zero-order valence-electron chi connectivity index (χ0n) is 14.6. The molecule has 0 saturated carbocycles. The topological polar surface area (TPSA) is 40.1 Å². The maximum Gasteiger partial charge on any atom is 0.194 e. The molecule has 3 rings (SSSR count).